The molecule has 0 aliphatic heterocycles. The number of Topliss-reactive ketones (excluding diaryl/α,β-unsaturated/α-hetero) is 1. The number of ketones is 1. The molecule has 2 unspecified atom stereocenters. The summed E-state index contributed by atoms with van der Waals surface area (Å²) in [6, 6.07) is 16.9. The average molecular weight is 375 g/mol. The van der Waals surface area contributed by atoms with Crippen LogP contribution in [-0.2, 0) is 28.5 Å². The lowest BCUT2D eigenvalue weighted by Gasteiger charge is -2.38. The van der Waals surface area contributed by atoms with Gasteiger partial charge in [0.2, 0.25) is 0 Å². The molecule has 0 saturated heterocycles. The molecule has 0 aliphatic rings. The number of carbonyl (C=O) groups is 1. The highest BCUT2D eigenvalue weighted by Crippen LogP contribution is 2.40. The average Bonchev–Trinajstić information content (AvgIpc) is 2.73. The van der Waals surface area contributed by atoms with Gasteiger partial charge in [-0.05, 0) is 61.8 Å². The molecule has 0 amide bonds. The summed E-state index contributed by atoms with van der Waals surface area (Å²) >= 11 is 0. The van der Waals surface area contributed by atoms with Gasteiger partial charge in [0.25, 0.3) is 0 Å². The van der Waals surface area contributed by atoms with Crippen molar-refractivity contribution in [3.63, 3.8) is 0 Å². The third-order valence-electron chi connectivity index (χ3n) is 6.36. The summed E-state index contributed by atoms with van der Waals surface area (Å²) in [5.41, 5.74) is 3.60. The Hall–Kier alpha value is -2.41. The fourth-order valence-corrected chi connectivity index (χ4v) is 3.95. The lowest BCUT2D eigenvalue weighted by Crippen LogP contribution is -2.45. The highest BCUT2D eigenvalue weighted by atomic mass is 16.1. The van der Waals surface area contributed by atoms with Crippen LogP contribution in [-0.4, -0.2) is 5.78 Å². The second-order valence-corrected chi connectivity index (χ2v) is 8.08. The predicted octanol–water partition coefficient (Wildman–Crippen LogP) is 6.75. The van der Waals surface area contributed by atoms with E-state index >= 15 is 0 Å². The fourth-order valence-electron chi connectivity index (χ4n) is 3.95. The minimum atomic E-state index is -0.517. The molecule has 2 aromatic rings. The van der Waals surface area contributed by atoms with Crippen LogP contribution in [0.25, 0.3) is 0 Å². The quantitative estimate of drug-likeness (QED) is 0.420. The van der Waals surface area contributed by atoms with Crippen LogP contribution in [0.15, 0.2) is 73.8 Å². The van der Waals surface area contributed by atoms with Crippen LogP contribution in [0.2, 0.25) is 0 Å². The van der Waals surface area contributed by atoms with E-state index in [0.717, 1.165) is 36.8 Å². The smallest absolute Gasteiger partial charge is 0.153 e. The summed E-state index contributed by atoms with van der Waals surface area (Å²) in [6.45, 7) is 16.0. The molecule has 0 aromatic heterocycles. The maximum absolute atomic E-state index is 13.9. The van der Waals surface area contributed by atoms with E-state index in [1.165, 1.54) is 11.1 Å². The first-order valence-corrected chi connectivity index (χ1v) is 10.3. The molecule has 0 saturated carbocycles. The Bertz CT molecular complexity index is 743. The summed E-state index contributed by atoms with van der Waals surface area (Å²) in [5.74, 6) is 0.290. The first-order chi connectivity index (χ1) is 13.4. The van der Waals surface area contributed by atoms with Crippen molar-refractivity contribution in [2.45, 2.75) is 64.2 Å². The molecule has 0 spiro atoms. The molecule has 0 heterocycles. The zero-order valence-corrected chi connectivity index (χ0v) is 17.9. The number of hydrogen-bond donors (Lipinski definition) is 0. The highest BCUT2D eigenvalue weighted by molar-refractivity contribution is 5.98. The molecule has 0 N–H and O–H groups in total. The van der Waals surface area contributed by atoms with E-state index in [-0.39, 0.29) is 5.78 Å². The van der Waals surface area contributed by atoms with Crippen LogP contribution in [0.5, 0.6) is 0 Å². The maximum Gasteiger partial charge on any atom is 0.153 e. The largest absolute Gasteiger partial charge is 0.298 e. The normalized spacial score (nSPS) is 15.3. The Morgan fingerprint density at radius 1 is 0.750 bits per heavy atom. The van der Waals surface area contributed by atoms with Gasteiger partial charge in [0, 0.05) is 0 Å². The van der Waals surface area contributed by atoms with E-state index in [4.69, 9.17) is 0 Å². The number of carbonyl (C=O) groups excluding carboxylic acids is 1. The molecule has 0 aliphatic carbocycles. The molecule has 1 nitrogen and oxygen atoms in total. The minimum absolute atomic E-state index is 0.290. The lowest BCUT2D eigenvalue weighted by molar-refractivity contribution is -0.129. The molecule has 0 fully saturated rings. The zero-order chi connectivity index (χ0) is 20.8. The third kappa shape index (κ3) is 4.19. The van der Waals surface area contributed by atoms with E-state index in [0.29, 0.717) is 0 Å². The van der Waals surface area contributed by atoms with Crippen molar-refractivity contribution in [3.8, 4) is 0 Å². The van der Waals surface area contributed by atoms with Gasteiger partial charge < -0.3 is 0 Å². The first-order valence-electron chi connectivity index (χ1n) is 10.3. The number of rotatable bonds is 10. The van der Waals surface area contributed by atoms with E-state index in [1.54, 1.807) is 0 Å². The van der Waals surface area contributed by atoms with Crippen LogP contribution in [0.1, 0.15) is 62.8 Å². The Kier molecular flexibility index (Phi) is 7.18. The summed E-state index contributed by atoms with van der Waals surface area (Å²) < 4.78 is 0. The van der Waals surface area contributed by atoms with E-state index in [1.807, 2.05) is 12.2 Å². The van der Waals surface area contributed by atoms with Crippen LogP contribution in [0.4, 0.5) is 0 Å². The van der Waals surface area contributed by atoms with Gasteiger partial charge >= 0.3 is 0 Å². The van der Waals surface area contributed by atoms with Crippen LogP contribution < -0.4 is 0 Å². The van der Waals surface area contributed by atoms with Crippen LogP contribution in [0, 0.1) is 0 Å². The van der Waals surface area contributed by atoms with E-state index in [9.17, 15) is 4.79 Å². The van der Waals surface area contributed by atoms with Gasteiger partial charge in [-0.15, -0.1) is 13.2 Å². The van der Waals surface area contributed by atoms with Gasteiger partial charge in [0.05, 0.1) is 10.8 Å². The maximum atomic E-state index is 13.9. The molecule has 0 radical (unpaired) electrons. The molecule has 148 valence electrons. The summed E-state index contributed by atoms with van der Waals surface area (Å²) in [7, 11) is 0. The Morgan fingerprint density at radius 2 is 1.07 bits per heavy atom. The number of benzene rings is 2. The Labute approximate surface area is 171 Å². The monoisotopic (exact) mass is 374 g/mol. The van der Waals surface area contributed by atoms with Crippen molar-refractivity contribution in [1.29, 1.82) is 0 Å². The van der Waals surface area contributed by atoms with E-state index < -0.39 is 10.8 Å². The molecule has 0 bridgehead atoms. The highest BCUT2D eigenvalue weighted by Gasteiger charge is 2.44. The molecule has 28 heavy (non-hydrogen) atoms. The third-order valence-corrected chi connectivity index (χ3v) is 6.36. The Morgan fingerprint density at radius 3 is 1.32 bits per heavy atom. The van der Waals surface area contributed by atoms with E-state index in [2.05, 4.69) is 89.4 Å². The first kappa shape index (κ1) is 21.9. The fraction of sp³-hybridized carbons (Fsp3) is 0.370. The van der Waals surface area contributed by atoms with Crippen molar-refractivity contribution in [2.75, 3.05) is 0 Å². The lowest BCUT2D eigenvalue weighted by atomic mass is 9.63. The van der Waals surface area contributed by atoms with Crippen LogP contribution in [0.3, 0.4) is 0 Å². The molecule has 2 rings (SSSR count). The van der Waals surface area contributed by atoms with Gasteiger partial charge in [0.1, 0.15) is 0 Å². The summed E-state index contributed by atoms with van der Waals surface area (Å²) in [4.78, 5) is 13.9. The molecule has 1 heteroatoms. The van der Waals surface area contributed by atoms with Crippen LogP contribution >= 0.6 is 0 Å². The van der Waals surface area contributed by atoms with Gasteiger partial charge in [-0.25, -0.2) is 0 Å². The minimum Gasteiger partial charge on any atom is -0.298 e. The van der Waals surface area contributed by atoms with Gasteiger partial charge in [-0.2, -0.15) is 0 Å². The van der Waals surface area contributed by atoms with Crippen molar-refractivity contribution in [2.24, 2.45) is 0 Å². The van der Waals surface area contributed by atoms with Crippen molar-refractivity contribution < 1.29 is 4.79 Å². The van der Waals surface area contributed by atoms with Gasteiger partial charge in [-0.1, -0.05) is 74.5 Å². The summed E-state index contributed by atoms with van der Waals surface area (Å²) in [6.07, 6.45) is 7.06. The predicted molar refractivity (Wildman–Crippen MR) is 121 cm³/mol. The second-order valence-electron chi connectivity index (χ2n) is 8.08. The number of allylic oxidation sites excluding steroid dienone is 2. The SMILES string of the molecule is C=CCc1ccc(C(C)(CC)C(=O)C(C)(CC)c2ccc(CC=C)cc2)cc1. The molecular formula is C27H34O. The second kappa shape index (κ2) is 9.19. The molecule has 2 atom stereocenters. The summed E-state index contributed by atoms with van der Waals surface area (Å²) in [5, 5.41) is 0. The standard InChI is InChI=1S/C27H34O/c1-7-11-21-13-17-23(18-14-21)26(5,9-3)25(28)27(6,10-4)24-19-15-22(12-8-2)16-20-24/h7-8,13-20H,1-2,9-12H2,3-6H3. The molecule has 2 aromatic carbocycles. The van der Waals surface area contributed by atoms with Crippen molar-refractivity contribution in [3.05, 3.63) is 96.1 Å². The zero-order valence-electron chi connectivity index (χ0n) is 17.9. The van der Waals surface area contributed by atoms with Crippen molar-refractivity contribution >= 4 is 5.78 Å². The van der Waals surface area contributed by atoms with Crippen molar-refractivity contribution in [1.82, 2.24) is 0 Å². The Balaban J connectivity index is 2.43. The molecular weight excluding hydrogens is 340 g/mol. The number of hydrogen-bond acceptors (Lipinski definition) is 1. The topological polar surface area (TPSA) is 17.1 Å². The van der Waals surface area contributed by atoms with Gasteiger partial charge in [-0.3, -0.25) is 4.79 Å². The van der Waals surface area contributed by atoms with Gasteiger partial charge in [0.15, 0.2) is 5.78 Å².